The van der Waals surface area contributed by atoms with Crippen LogP contribution in [0.4, 0.5) is 0 Å². The fourth-order valence-corrected chi connectivity index (χ4v) is 1.26. The number of nitrogens with two attached hydrogens (primary N) is 1. The Kier molecular flexibility index (Phi) is 3.14. The Labute approximate surface area is 94.8 Å². The van der Waals surface area contributed by atoms with Gasteiger partial charge in [0.2, 0.25) is 5.79 Å². The van der Waals surface area contributed by atoms with Crippen molar-refractivity contribution in [3.05, 3.63) is 17.7 Å². The SMILES string of the molecule is NC(C(=O)O)C(O)(O)c1c(O)ccc(O)c1O. The van der Waals surface area contributed by atoms with Crippen LogP contribution in [-0.2, 0) is 10.6 Å². The van der Waals surface area contributed by atoms with E-state index in [9.17, 15) is 25.2 Å². The Hall–Kier alpha value is -2.03. The second-order valence-electron chi connectivity index (χ2n) is 3.37. The highest BCUT2D eigenvalue weighted by Gasteiger charge is 2.43. The molecule has 0 spiro atoms. The standard InChI is InChI=1S/C9H11NO7/c10-7(8(14)15)9(16,17)5-3(11)1-2-4(12)6(5)13/h1-2,7,11-13,16-17H,10H2,(H,14,15). The molecular weight excluding hydrogens is 234 g/mol. The largest absolute Gasteiger partial charge is 0.507 e. The van der Waals surface area contributed by atoms with Crippen molar-refractivity contribution in [3.8, 4) is 17.2 Å². The minimum Gasteiger partial charge on any atom is -0.507 e. The van der Waals surface area contributed by atoms with Crippen molar-refractivity contribution in [2.75, 3.05) is 0 Å². The molecule has 8 N–H and O–H groups in total. The summed E-state index contributed by atoms with van der Waals surface area (Å²) >= 11 is 0. The van der Waals surface area contributed by atoms with E-state index in [0.29, 0.717) is 0 Å². The fourth-order valence-electron chi connectivity index (χ4n) is 1.26. The summed E-state index contributed by atoms with van der Waals surface area (Å²) in [6, 6.07) is -0.488. The van der Waals surface area contributed by atoms with Crippen LogP contribution in [0.5, 0.6) is 17.2 Å². The van der Waals surface area contributed by atoms with E-state index in [1.54, 1.807) is 0 Å². The van der Waals surface area contributed by atoms with E-state index in [1.165, 1.54) is 0 Å². The second kappa shape index (κ2) is 4.09. The van der Waals surface area contributed by atoms with Crippen LogP contribution >= 0.6 is 0 Å². The number of aromatic hydroxyl groups is 3. The number of phenols is 3. The number of carboxylic acid groups (broad SMARTS) is 1. The smallest absolute Gasteiger partial charge is 0.326 e. The van der Waals surface area contributed by atoms with Crippen molar-refractivity contribution in [1.29, 1.82) is 0 Å². The van der Waals surface area contributed by atoms with Crippen LogP contribution in [0.1, 0.15) is 5.56 Å². The van der Waals surface area contributed by atoms with Crippen molar-refractivity contribution in [2.45, 2.75) is 11.8 Å². The number of benzene rings is 1. The van der Waals surface area contributed by atoms with Gasteiger partial charge in [0, 0.05) is 0 Å². The fraction of sp³-hybridized carbons (Fsp3) is 0.222. The maximum absolute atomic E-state index is 10.6. The highest BCUT2D eigenvalue weighted by molar-refractivity contribution is 5.75. The third-order valence-corrected chi connectivity index (χ3v) is 2.20. The van der Waals surface area contributed by atoms with Crippen molar-refractivity contribution < 1.29 is 35.4 Å². The summed E-state index contributed by atoms with van der Waals surface area (Å²) in [6.45, 7) is 0. The minimum absolute atomic E-state index is 0.761. The van der Waals surface area contributed by atoms with Crippen LogP contribution in [0.25, 0.3) is 0 Å². The molecule has 0 bridgehead atoms. The maximum atomic E-state index is 10.6. The van der Waals surface area contributed by atoms with Gasteiger partial charge in [0.15, 0.2) is 17.5 Å². The number of hydrogen-bond acceptors (Lipinski definition) is 7. The van der Waals surface area contributed by atoms with Gasteiger partial charge in [0.25, 0.3) is 0 Å². The molecule has 1 atom stereocenters. The monoisotopic (exact) mass is 245 g/mol. The molecule has 0 aliphatic carbocycles. The lowest BCUT2D eigenvalue weighted by Gasteiger charge is -2.27. The van der Waals surface area contributed by atoms with Gasteiger partial charge < -0.3 is 36.4 Å². The van der Waals surface area contributed by atoms with E-state index in [2.05, 4.69) is 0 Å². The second-order valence-corrected chi connectivity index (χ2v) is 3.37. The predicted octanol–water partition coefficient (Wildman–Crippen LogP) is -1.65. The topological polar surface area (TPSA) is 164 Å². The van der Waals surface area contributed by atoms with Gasteiger partial charge in [0.1, 0.15) is 11.3 Å². The number of carboxylic acids is 1. The summed E-state index contributed by atoms with van der Waals surface area (Å²) in [5, 5.41) is 55.5. The summed E-state index contributed by atoms with van der Waals surface area (Å²) in [4.78, 5) is 10.6. The number of aliphatic carboxylic acids is 1. The normalized spacial score (nSPS) is 13.4. The van der Waals surface area contributed by atoms with Gasteiger partial charge in [-0.1, -0.05) is 0 Å². The molecule has 0 saturated heterocycles. The molecule has 0 aliphatic heterocycles. The van der Waals surface area contributed by atoms with Gasteiger partial charge in [-0.15, -0.1) is 0 Å². The van der Waals surface area contributed by atoms with Crippen LogP contribution < -0.4 is 5.73 Å². The molecular formula is C9H11NO7. The Morgan fingerprint density at radius 3 is 2.12 bits per heavy atom. The van der Waals surface area contributed by atoms with Crippen LogP contribution in [0.15, 0.2) is 12.1 Å². The maximum Gasteiger partial charge on any atom is 0.326 e. The summed E-state index contributed by atoms with van der Waals surface area (Å²) in [6.07, 6.45) is 0. The summed E-state index contributed by atoms with van der Waals surface area (Å²) in [7, 11) is 0. The van der Waals surface area contributed by atoms with Gasteiger partial charge in [-0.3, -0.25) is 4.79 Å². The lowest BCUT2D eigenvalue weighted by atomic mass is 9.96. The highest BCUT2D eigenvalue weighted by atomic mass is 16.5. The average molecular weight is 245 g/mol. The Balaban J connectivity index is 3.42. The molecule has 0 saturated carbocycles. The summed E-state index contributed by atoms with van der Waals surface area (Å²) in [5.74, 6) is -7.65. The third-order valence-electron chi connectivity index (χ3n) is 2.20. The summed E-state index contributed by atoms with van der Waals surface area (Å²) in [5.41, 5.74) is 4.03. The molecule has 8 heteroatoms. The summed E-state index contributed by atoms with van der Waals surface area (Å²) < 4.78 is 0. The third kappa shape index (κ3) is 2.09. The highest BCUT2D eigenvalue weighted by Crippen LogP contribution is 2.41. The van der Waals surface area contributed by atoms with Crippen LogP contribution in [0.3, 0.4) is 0 Å². The van der Waals surface area contributed by atoms with E-state index in [1.807, 2.05) is 0 Å². The number of hydrogen-bond donors (Lipinski definition) is 7. The molecule has 1 unspecified atom stereocenters. The Morgan fingerprint density at radius 2 is 1.65 bits per heavy atom. The molecule has 1 rings (SSSR count). The van der Waals surface area contributed by atoms with E-state index in [-0.39, 0.29) is 0 Å². The molecule has 0 fully saturated rings. The lowest BCUT2D eigenvalue weighted by molar-refractivity contribution is -0.198. The van der Waals surface area contributed by atoms with Crippen LogP contribution in [-0.4, -0.2) is 42.7 Å². The van der Waals surface area contributed by atoms with Gasteiger partial charge in [-0.2, -0.15) is 0 Å². The first kappa shape index (κ1) is 13.0. The molecule has 0 amide bonds. The molecule has 0 aromatic heterocycles. The molecule has 0 aliphatic rings. The van der Waals surface area contributed by atoms with Gasteiger partial charge >= 0.3 is 5.97 Å². The lowest BCUT2D eigenvalue weighted by Crippen LogP contribution is -2.50. The Bertz CT molecular complexity index is 457. The zero-order valence-corrected chi connectivity index (χ0v) is 8.40. The number of rotatable bonds is 3. The zero-order chi connectivity index (χ0) is 13.4. The van der Waals surface area contributed by atoms with Gasteiger partial charge in [-0.25, -0.2) is 0 Å². The van der Waals surface area contributed by atoms with E-state index in [4.69, 9.17) is 15.9 Å². The van der Waals surface area contributed by atoms with Gasteiger partial charge in [-0.05, 0) is 12.1 Å². The Morgan fingerprint density at radius 1 is 1.18 bits per heavy atom. The first-order valence-electron chi connectivity index (χ1n) is 4.37. The quantitative estimate of drug-likeness (QED) is 0.189. The molecule has 1 aromatic rings. The number of phenolic OH excluding ortho intramolecular Hbond substituents is 3. The number of aliphatic hydroxyl groups is 2. The van der Waals surface area contributed by atoms with Crippen molar-refractivity contribution in [3.63, 3.8) is 0 Å². The van der Waals surface area contributed by atoms with E-state index < -0.39 is 40.6 Å². The van der Waals surface area contributed by atoms with Crippen LogP contribution in [0, 0.1) is 0 Å². The average Bonchev–Trinajstić information content (AvgIpc) is 2.22. The first-order valence-corrected chi connectivity index (χ1v) is 4.37. The minimum atomic E-state index is -3.24. The zero-order valence-electron chi connectivity index (χ0n) is 8.40. The predicted molar refractivity (Wildman–Crippen MR) is 53.2 cm³/mol. The van der Waals surface area contributed by atoms with Crippen molar-refractivity contribution >= 4 is 5.97 Å². The van der Waals surface area contributed by atoms with Crippen molar-refractivity contribution in [2.24, 2.45) is 5.73 Å². The van der Waals surface area contributed by atoms with Crippen molar-refractivity contribution in [1.82, 2.24) is 0 Å². The molecule has 17 heavy (non-hydrogen) atoms. The molecule has 0 heterocycles. The molecule has 0 radical (unpaired) electrons. The van der Waals surface area contributed by atoms with Crippen LogP contribution in [0.2, 0.25) is 0 Å². The van der Waals surface area contributed by atoms with Gasteiger partial charge in [0.05, 0.1) is 0 Å². The van der Waals surface area contributed by atoms with E-state index in [0.717, 1.165) is 12.1 Å². The van der Waals surface area contributed by atoms with E-state index >= 15 is 0 Å². The molecule has 1 aromatic carbocycles. The molecule has 94 valence electrons. The first-order chi connectivity index (χ1) is 7.69. The number of carbonyl (C=O) groups is 1. The molecule has 8 nitrogen and oxygen atoms in total.